The summed E-state index contributed by atoms with van der Waals surface area (Å²) in [7, 11) is 0. The SMILES string of the molecule is CCC(NC(C)Cn1cccn1)c1ccc(O)cc1. The van der Waals surface area contributed by atoms with Gasteiger partial charge in [0.05, 0.1) is 6.54 Å². The van der Waals surface area contributed by atoms with E-state index >= 15 is 0 Å². The first kappa shape index (κ1) is 13.6. The lowest BCUT2D eigenvalue weighted by Gasteiger charge is -2.22. The predicted molar refractivity (Wildman–Crippen MR) is 76.0 cm³/mol. The van der Waals surface area contributed by atoms with Crippen molar-refractivity contribution in [2.75, 3.05) is 0 Å². The molecule has 1 heterocycles. The first-order chi connectivity index (χ1) is 9.19. The fourth-order valence-corrected chi connectivity index (χ4v) is 2.24. The Bertz CT molecular complexity index is 479. The van der Waals surface area contributed by atoms with E-state index < -0.39 is 0 Å². The Hall–Kier alpha value is -1.81. The fraction of sp³-hybridized carbons (Fsp3) is 0.400. The molecule has 2 aromatic rings. The highest BCUT2D eigenvalue weighted by Crippen LogP contribution is 2.20. The average molecular weight is 259 g/mol. The first-order valence-electron chi connectivity index (χ1n) is 6.71. The van der Waals surface area contributed by atoms with Gasteiger partial charge in [0.15, 0.2) is 0 Å². The van der Waals surface area contributed by atoms with Gasteiger partial charge in [0.25, 0.3) is 0 Å². The van der Waals surface area contributed by atoms with E-state index in [9.17, 15) is 5.11 Å². The third-order valence-corrected chi connectivity index (χ3v) is 3.21. The summed E-state index contributed by atoms with van der Waals surface area (Å²) in [6, 6.07) is 9.97. The lowest BCUT2D eigenvalue weighted by Crippen LogP contribution is -2.33. The van der Waals surface area contributed by atoms with Crippen molar-refractivity contribution < 1.29 is 5.11 Å². The van der Waals surface area contributed by atoms with Crippen molar-refractivity contribution in [1.82, 2.24) is 15.1 Å². The maximum atomic E-state index is 9.33. The molecule has 0 amide bonds. The normalized spacial score (nSPS) is 14.2. The van der Waals surface area contributed by atoms with E-state index in [1.807, 2.05) is 29.1 Å². The molecule has 1 aromatic heterocycles. The van der Waals surface area contributed by atoms with Crippen LogP contribution in [-0.2, 0) is 6.54 Å². The smallest absolute Gasteiger partial charge is 0.115 e. The zero-order chi connectivity index (χ0) is 13.7. The van der Waals surface area contributed by atoms with Crippen molar-refractivity contribution in [2.45, 2.75) is 38.9 Å². The van der Waals surface area contributed by atoms with Gasteiger partial charge in [-0.05, 0) is 37.1 Å². The van der Waals surface area contributed by atoms with Crippen molar-refractivity contribution in [1.29, 1.82) is 0 Å². The topological polar surface area (TPSA) is 50.1 Å². The molecule has 0 aliphatic rings. The molecule has 0 aliphatic heterocycles. The highest BCUT2D eigenvalue weighted by Gasteiger charge is 2.12. The van der Waals surface area contributed by atoms with E-state index in [2.05, 4.69) is 24.3 Å². The number of phenolic OH excluding ortho intramolecular Hbond substituents is 1. The van der Waals surface area contributed by atoms with Crippen LogP contribution in [0, 0.1) is 0 Å². The third kappa shape index (κ3) is 3.83. The summed E-state index contributed by atoms with van der Waals surface area (Å²) in [6.07, 6.45) is 4.78. The largest absolute Gasteiger partial charge is 0.508 e. The minimum absolute atomic E-state index is 0.297. The summed E-state index contributed by atoms with van der Waals surface area (Å²) < 4.78 is 1.93. The van der Waals surface area contributed by atoms with Crippen LogP contribution in [0.1, 0.15) is 31.9 Å². The molecule has 4 heteroatoms. The van der Waals surface area contributed by atoms with E-state index in [0.29, 0.717) is 17.8 Å². The van der Waals surface area contributed by atoms with Crippen LogP contribution in [0.25, 0.3) is 0 Å². The van der Waals surface area contributed by atoms with Crippen LogP contribution in [0.5, 0.6) is 5.75 Å². The van der Waals surface area contributed by atoms with Gasteiger partial charge in [-0.3, -0.25) is 4.68 Å². The number of nitrogens with one attached hydrogen (secondary N) is 1. The molecule has 0 aliphatic carbocycles. The van der Waals surface area contributed by atoms with Crippen LogP contribution in [-0.4, -0.2) is 20.9 Å². The van der Waals surface area contributed by atoms with E-state index in [4.69, 9.17) is 0 Å². The highest BCUT2D eigenvalue weighted by molar-refractivity contribution is 5.28. The van der Waals surface area contributed by atoms with Crippen LogP contribution >= 0.6 is 0 Å². The number of aromatic hydroxyl groups is 1. The van der Waals surface area contributed by atoms with E-state index in [1.165, 1.54) is 5.56 Å². The highest BCUT2D eigenvalue weighted by atomic mass is 16.3. The minimum atomic E-state index is 0.297. The maximum absolute atomic E-state index is 9.33. The van der Waals surface area contributed by atoms with Crippen molar-refractivity contribution >= 4 is 0 Å². The van der Waals surface area contributed by atoms with Crippen LogP contribution in [0.15, 0.2) is 42.7 Å². The van der Waals surface area contributed by atoms with Crippen LogP contribution in [0.3, 0.4) is 0 Å². The molecule has 102 valence electrons. The molecule has 4 nitrogen and oxygen atoms in total. The van der Waals surface area contributed by atoms with Crippen molar-refractivity contribution in [3.63, 3.8) is 0 Å². The number of aromatic nitrogens is 2. The van der Waals surface area contributed by atoms with Crippen LogP contribution < -0.4 is 5.32 Å². The molecule has 2 unspecified atom stereocenters. The quantitative estimate of drug-likeness (QED) is 0.838. The van der Waals surface area contributed by atoms with Gasteiger partial charge in [0.2, 0.25) is 0 Å². The molecule has 0 fully saturated rings. The second-order valence-electron chi connectivity index (χ2n) is 4.85. The standard InChI is InChI=1S/C15H21N3O/c1-3-15(13-5-7-14(19)8-6-13)17-12(2)11-18-10-4-9-16-18/h4-10,12,15,17,19H,3,11H2,1-2H3. The Morgan fingerprint density at radius 3 is 2.63 bits per heavy atom. The molecule has 0 saturated heterocycles. The van der Waals surface area contributed by atoms with Crippen molar-refractivity contribution in [3.05, 3.63) is 48.3 Å². The van der Waals surface area contributed by atoms with Gasteiger partial charge >= 0.3 is 0 Å². The number of hydrogen-bond acceptors (Lipinski definition) is 3. The minimum Gasteiger partial charge on any atom is -0.508 e. The molecule has 19 heavy (non-hydrogen) atoms. The van der Waals surface area contributed by atoms with Gasteiger partial charge in [-0.15, -0.1) is 0 Å². The number of phenols is 1. The molecule has 0 radical (unpaired) electrons. The number of nitrogens with zero attached hydrogens (tertiary/aromatic N) is 2. The van der Waals surface area contributed by atoms with Gasteiger partial charge in [-0.2, -0.15) is 5.10 Å². The zero-order valence-electron chi connectivity index (χ0n) is 11.5. The van der Waals surface area contributed by atoms with Gasteiger partial charge in [0, 0.05) is 24.5 Å². The van der Waals surface area contributed by atoms with E-state index in [1.54, 1.807) is 18.3 Å². The van der Waals surface area contributed by atoms with Crippen LogP contribution in [0.2, 0.25) is 0 Å². The molecular weight excluding hydrogens is 238 g/mol. The average Bonchev–Trinajstić information content (AvgIpc) is 2.90. The molecule has 2 atom stereocenters. The van der Waals surface area contributed by atoms with E-state index in [-0.39, 0.29) is 0 Å². The fourth-order valence-electron chi connectivity index (χ4n) is 2.24. The molecule has 1 aromatic carbocycles. The van der Waals surface area contributed by atoms with Crippen LogP contribution in [0.4, 0.5) is 0 Å². The summed E-state index contributed by atoms with van der Waals surface area (Å²) >= 11 is 0. The molecule has 2 N–H and O–H groups in total. The lowest BCUT2D eigenvalue weighted by atomic mass is 10.0. The summed E-state index contributed by atoms with van der Waals surface area (Å²) in [5.41, 5.74) is 1.20. The molecule has 0 spiro atoms. The maximum Gasteiger partial charge on any atom is 0.115 e. The molecule has 0 saturated carbocycles. The molecular formula is C15H21N3O. The summed E-state index contributed by atoms with van der Waals surface area (Å²) in [4.78, 5) is 0. The van der Waals surface area contributed by atoms with Gasteiger partial charge in [-0.25, -0.2) is 0 Å². The van der Waals surface area contributed by atoms with Gasteiger partial charge in [0.1, 0.15) is 5.75 Å². The Kier molecular flexibility index (Phi) is 4.58. The second-order valence-corrected chi connectivity index (χ2v) is 4.85. The Balaban J connectivity index is 1.96. The Morgan fingerprint density at radius 2 is 2.05 bits per heavy atom. The summed E-state index contributed by atoms with van der Waals surface area (Å²) in [5, 5.41) is 17.1. The summed E-state index contributed by atoms with van der Waals surface area (Å²) in [6.45, 7) is 5.16. The molecule has 0 bridgehead atoms. The zero-order valence-corrected chi connectivity index (χ0v) is 11.5. The number of benzene rings is 1. The van der Waals surface area contributed by atoms with Crippen molar-refractivity contribution in [3.8, 4) is 5.75 Å². The number of rotatable bonds is 6. The number of hydrogen-bond donors (Lipinski definition) is 2. The van der Waals surface area contributed by atoms with Crippen molar-refractivity contribution in [2.24, 2.45) is 0 Å². The predicted octanol–water partition coefficient (Wildman–Crippen LogP) is 2.72. The van der Waals surface area contributed by atoms with Gasteiger partial charge in [-0.1, -0.05) is 19.1 Å². The lowest BCUT2D eigenvalue weighted by molar-refractivity contribution is 0.392. The Labute approximate surface area is 114 Å². The first-order valence-corrected chi connectivity index (χ1v) is 6.71. The Morgan fingerprint density at radius 1 is 1.32 bits per heavy atom. The molecule has 2 rings (SSSR count). The third-order valence-electron chi connectivity index (χ3n) is 3.21. The van der Waals surface area contributed by atoms with Gasteiger partial charge < -0.3 is 10.4 Å². The summed E-state index contributed by atoms with van der Waals surface area (Å²) in [5.74, 6) is 0.309. The monoisotopic (exact) mass is 259 g/mol. The van der Waals surface area contributed by atoms with E-state index in [0.717, 1.165) is 13.0 Å². The second kappa shape index (κ2) is 6.38.